The molecule has 0 saturated carbocycles. The average Bonchev–Trinajstić information content (AvgIpc) is 2.90. The van der Waals surface area contributed by atoms with Crippen LogP contribution in [0.4, 0.5) is 9.59 Å². The number of hydrogen-bond donors (Lipinski definition) is 0. The Kier molecular flexibility index (Phi) is 11.6. The van der Waals surface area contributed by atoms with Crippen molar-refractivity contribution >= 4 is 30.2 Å². The molecule has 0 fully saturated rings. The molecular formula is C26H24O12. The summed E-state index contributed by atoms with van der Waals surface area (Å²) in [5.41, 5.74) is 0.646. The van der Waals surface area contributed by atoms with E-state index in [1.165, 1.54) is 42.5 Å². The molecule has 0 amide bonds. The summed E-state index contributed by atoms with van der Waals surface area (Å²) >= 11 is 0. The monoisotopic (exact) mass is 528 g/mol. The lowest BCUT2D eigenvalue weighted by Crippen LogP contribution is -2.16. The topological polar surface area (TPSA) is 150 Å². The van der Waals surface area contributed by atoms with Gasteiger partial charge in [0.2, 0.25) is 0 Å². The van der Waals surface area contributed by atoms with Crippen molar-refractivity contribution in [2.24, 2.45) is 0 Å². The Bertz CT molecular complexity index is 1180. The molecule has 38 heavy (non-hydrogen) atoms. The van der Waals surface area contributed by atoms with Crippen LogP contribution in [-0.2, 0) is 28.5 Å². The summed E-state index contributed by atoms with van der Waals surface area (Å²) in [6.07, 6.45) is -0.0656. The fourth-order valence-corrected chi connectivity index (χ4v) is 2.52. The van der Waals surface area contributed by atoms with E-state index in [1.54, 1.807) is 6.92 Å². The largest absolute Gasteiger partial charge is 0.513 e. The molecule has 12 nitrogen and oxygen atoms in total. The molecule has 0 radical (unpaired) electrons. The zero-order valence-electron chi connectivity index (χ0n) is 20.3. The van der Waals surface area contributed by atoms with E-state index in [4.69, 9.17) is 23.7 Å². The molecule has 2 aromatic carbocycles. The molecule has 2 aromatic rings. The highest BCUT2D eigenvalue weighted by atomic mass is 16.7. The third kappa shape index (κ3) is 10.2. The first-order valence-electron chi connectivity index (χ1n) is 10.9. The highest BCUT2D eigenvalue weighted by molar-refractivity contribution is 5.91. The molecule has 0 aliphatic heterocycles. The molecule has 0 bridgehead atoms. The first-order valence-corrected chi connectivity index (χ1v) is 10.9. The van der Waals surface area contributed by atoms with E-state index in [9.17, 15) is 24.0 Å². The Morgan fingerprint density at radius 1 is 0.658 bits per heavy atom. The molecule has 0 spiro atoms. The summed E-state index contributed by atoms with van der Waals surface area (Å²) in [5.74, 6) is -1.52. The number of carbonyl (C=O) groups excluding carboxylic acids is 5. The van der Waals surface area contributed by atoms with Crippen molar-refractivity contribution in [2.75, 3.05) is 26.4 Å². The first kappa shape index (κ1) is 29.1. The van der Waals surface area contributed by atoms with Gasteiger partial charge in [0.15, 0.2) is 0 Å². The van der Waals surface area contributed by atoms with Crippen molar-refractivity contribution in [1.82, 2.24) is 0 Å². The lowest BCUT2D eigenvalue weighted by atomic mass is 10.2. The van der Waals surface area contributed by atoms with Crippen LogP contribution in [0.1, 0.15) is 15.9 Å². The molecule has 0 aliphatic rings. The molecule has 0 aliphatic carbocycles. The summed E-state index contributed by atoms with van der Waals surface area (Å²) in [6, 6.07) is 9.79. The Morgan fingerprint density at radius 3 is 1.68 bits per heavy atom. The minimum absolute atomic E-state index is 0.109. The van der Waals surface area contributed by atoms with Gasteiger partial charge in [0, 0.05) is 12.2 Å². The van der Waals surface area contributed by atoms with Crippen LogP contribution >= 0.6 is 0 Å². The highest BCUT2D eigenvalue weighted by Crippen LogP contribution is 2.25. The standard InChI is InChI=1S/C26H24O12/c1-4-22(27)32-12-14-34-25(30)37-19-8-6-18(7-9-19)24(29)36-20-10-11-21(17(3)16-20)38-26(31)35-15-13-33-23(28)5-2/h4-11,16H,1-2,12-15H2,3H3. The molecule has 0 saturated heterocycles. The summed E-state index contributed by atoms with van der Waals surface area (Å²) < 4.78 is 34.2. The maximum absolute atomic E-state index is 12.4. The van der Waals surface area contributed by atoms with E-state index in [1.807, 2.05) is 0 Å². The third-order valence-corrected chi connectivity index (χ3v) is 4.27. The van der Waals surface area contributed by atoms with Gasteiger partial charge in [-0.3, -0.25) is 0 Å². The van der Waals surface area contributed by atoms with Crippen molar-refractivity contribution in [1.29, 1.82) is 0 Å². The van der Waals surface area contributed by atoms with E-state index in [0.29, 0.717) is 5.56 Å². The van der Waals surface area contributed by atoms with Crippen molar-refractivity contribution in [3.8, 4) is 17.2 Å². The second kappa shape index (κ2) is 15.1. The molecular weight excluding hydrogens is 504 g/mol. The normalized spacial score (nSPS) is 9.82. The maximum Gasteiger partial charge on any atom is 0.513 e. The average molecular weight is 528 g/mol. The summed E-state index contributed by atoms with van der Waals surface area (Å²) in [4.78, 5) is 57.7. The first-order chi connectivity index (χ1) is 18.2. The summed E-state index contributed by atoms with van der Waals surface area (Å²) in [5, 5.41) is 0. The molecule has 0 atom stereocenters. The number of rotatable bonds is 12. The molecule has 0 N–H and O–H groups in total. The quantitative estimate of drug-likeness (QED) is 0.0986. The van der Waals surface area contributed by atoms with Gasteiger partial charge >= 0.3 is 30.2 Å². The zero-order chi connectivity index (χ0) is 27.9. The lowest BCUT2D eigenvalue weighted by Gasteiger charge is -2.10. The van der Waals surface area contributed by atoms with Gasteiger partial charge in [-0.15, -0.1) is 0 Å². The van der Waals surface area contributed by atoms with E-state index < -0.39 is 30.2 Å². The van der Waals surface area contributed by atoms with Gasteiger partial charge in [-0.2, -0.15) is 0 Å². The van der Waals surface area contributed by atoms with E-state index >= 15 is 0 Å². The van der Waals surface area contributed by atoms with Crippen molar-refractivity contribution in [3.05, 3.63) is 78.9 Å². The number of ether oxygens (including phenoxy) is 7. The van der Waals surface area contributed by atoms with Gasteiger partial charge in [0.1, 0.15) is 43.7 Å². The van der Waals surface area contributed by atoms with Gasteiger partial charge in [-0.25, -0.2) is 24.0 Å². The van der Waals surface area contributed by atoms with Gasteiger partial charge in [0.05, 0.1) is 5.56 Å². The second-order valence-corrected chi connectivity index (χ2v) is 6.99. The minimum Gasteiger partial charge on any atom is -0.459 e. The third-order valence-electron chi connectivity index (χ3n) is 4.27. The minimum atomic E-state index is -1.02. The number of esters is 3. The molecule has 2 rings (SSSR count). The van der Waals surface area contributed by atoms with Crippen LogP contribution in [0.3, 0.4) is 0 Å². The van der Waals surface area contributed by atoms with Gasteiger partial charge < -0.3 is 33.2 Å². The lowest BCUT2D eigenvalue weighted by molar-refractivity contribution is -0.139. The predicted octanol–water partition coefficient (Wildman–Crippen LogP) is 3.70. The highest BCUT2D eigenvalue weighted by Gasteiger charge is 2.14. The summed E-state index contributed by atoms with van der Waals surface area (Å²) in [6.45, 7) is 7.38. The van der Waals surface area contributed by atoms with Crippen molar-refractivity contribution < 1.29 is 57.1 Å². The zero-order valence-corrected chi connectivity index (χ0v) is 20.3. The van der Waals surface area contributed by atoms with E-state index in [-0.39, 0.29) is 49.2 Å². The van der Waals surface area contributed by atoms with Gasteiger partial charge in [-0.1, -0.05) is 13.2 Å². The van der Waals surface area contributed by atoms with Crippen LogP contribution in [0.15, 0.2) is 67.8 Å². The molecule has 0 heterocycles. The number of carbonyl (C=O) groups is 5. The predicted molar refractivity (Wildman–Crippen MR) is 129 cm³/mol. The molecule has 12 heteroatoms. The van der Waals surface area contributed by atoms with Crippen LogP contribution in [-0.4, -0.2) is 56.6 Å². The summed E-state index contributed by atoms with van der Waals surface area (Å²) in [7, 11) is 0. The van der Waals surface area contributed by atoms with Crippen LogP contribution in [0, 0.1) is 6.92 Å². The number of benzene rings is 2. The number of hydrogen-bond acceptors (Lipinski definition) is 12. The SMILES string of the molecule is C=CC(=O)OCCOC(=O)Oc1ccc(C(=O)Oc2ccc(OC(=O)OCCOC(=O)C=C)c(C)c2)cc1. The number of aryl methyl sites for hydroxylation is 1. The van der Waals surface area contributed by atoms with Crippen LogP contribution in [0.2, 0.25) is 0 Å². The van der Waals surface area contributed by atoms with Crippen molar-refractivity contribution in [3.63, 3.8) is 0 Å². The van der Waals surface area contributed by atoms with Gasteiger partial charge in [-0.05, 0) is 55.0 Å². The molecule has 200 valence electrons. The fourth-order valence-electron chi connectivity index (χ4n) is 2.52. The Hall–Kier alpha value is -5.13. The Balaban J connectivity index is 1.81. The van der Waals surface area contributed by atoms with Crippen LogP contribution in [0.25, 0.3) is 0 Å². The van der Waals surface area contributed by atoms with Gasteiger partial charge in [0.25, 0.3) is 0 Å². The smallest absolute Gasteiger partial charge is 0.459 e. The van der Waals surface area contributed by atoms with Crippen molar-refractivity contribution in [2.45, 2.75) is 6.92 Å². The fraction of sp³-hybridized carbons (Fsp3) is 0.192. The Labute approximate surface area is 217 Å². The van der Waals surface area contributed by atoms with Crippen LogP contribution in [0.5, 0.6) is 17.2 Å². The van der Waals surface area contributed by atoms with E-state index in [0.717, 1.165) is 12.2 Å². The second-order valence-electron chi connectivity index (χ2n) is 6.99. The molecule has 0 aromatic heterocycles. The Morgan fingerprint density at radius 2 is 1.16 bits per heavy atom. The van der Waals surface area contributed by atoms with Crippen LogP contribution < -0.4 is 14.2 Å². The maximum atomic E-state index is 12.4. The molecule has 0 unspecified atom stereocenters. The van der Waals surface area contributed by atoms with E-state index in [2.05, 4.69) is 22.6 Å².